The van der Waals surface area contributed by atoms with E-state index in [2.05, 4.69) is 59.7 Å². The first-order chi connectivity index (χ1) is 13.5. The number of nitrogens with zero attached hydrogens (tertiary/aromatic N) is 4. The van der Waals surface area contributed by atoms with Crippen molar-refractivity contribution >= 4 is 23.2 Å². The van der Waals surface area contributed by atoms with E-state index in [1.807, 2.05) is 0 Å². The molecule has 5 rings (SSSR count). The van der Waals surface area contributed by atoms with Gasteiger partial charge in [0.05, 0.1) is 17.3 Å². The van der Waals surface area contributed by atoms with Crippen molar-refractivity contribution in [1.82, 2.24) is 14.8 Å². The Labute approximate surface area is 164 Å². The molecule has 146 valence electrons. The number of fused-ring (bicyclic) bond motifs is 2. The molecule has 0 spiro atoms. The van der Waals surface area contributed by atoms with Gasteiger partial charge in [-0.05, 0) is 81.0 Å². The molecular formula is C22H26N4O2. The van der Waals surface area contributed by atoms with Crippen LogP contribution >= 0.6 is 0 Å². The molecular weight excluding hydrogens is 352 g/mol. The predicted octanol–water partition coefficient (Wildman–Crippen LogP) is 3.61. The van der Waals surface area contributed by atoms with Crippen molar-refractivity contribution in [3.63, 3.8) is 0 Å². The van der Waals surface area contributed by atoms with Crippen LogP contribution in [0.15, 0.2) is 24.3 Å². The molecule has 1 aliphatic carbocycles. The number of hydrogen-bond donors (Lipinski definition) is 1. The number of carboxylic acid groups (broad SMARTS) is 1. The highest BCUT2D eigenvalue weighted by Crippen LogP contribution is 2.33. The number of aryl methyl sites for hydroxylation is 5. The third-order valence-corrected chi connectivity index (χ3v) is 5.79. The van der Waals surface area contributed by atoms with Gasteiger partial charge in [-0.3, -0.25) is 9.48 Å². The predicted molar refractivity (Wildman–Crippen MR) is 110 cm³/mol. The molecule has 0 atom stereocenters. The third kappa shape index (κ3) is 3.23. The summed E-state index contributed by atoms with van der Waals surface area (Å²) in [6.45, 7) is 8.15. The second-order valence-electron chi connectivity index (χ2n) is 7.82. The Morgan fingerprint density at radius 3 is 2.39 bits per heavy atom. The molecule has 0 saturated carbocycles. The lowest BCUT2D eigenvalue weighted by Gasteiger charge is -2.40. The zero-order valence-electron chi connectivity index (χ0n) is 16.6. The summed E-state index contributed by atoms with van der Waals surface area (Å²) in [7, 11) is 0. The van der Waals surface area contributed by atoms with E-state index in [4.69, 9.17) is 14.9 Å². The molecule has 1 saturated heterocycles. The first-order valence-corrected chi connectivity index (χ1v) is 9.79. The summed E-state index contributed by atoms with van der Waals surface area (Å²) in [6.07, 6.45) is 3.72. The fraction of sp³-hybridized carbons (Fsp3) is 0.409. The van der Waals surface area contributed by atoms with Crippen molar-refractivity contribution in [2.45, 2.75) is 46.1 Å². The van der Waals surface area contributed by atoms with Gasteiger partial charge in [-0.2, -0.15) is 5.10 Å². The lowest BCUT2D eigenvalue weighted by Crippen LogP contribution is -2.48. The third-order valence-electron chi connectivity index (χ3n) is 5.79. The second kappa shape index (κ2) is 7.26. The minimum atomic E-state index is -0.250. The molecule has 0 radical (unpaired) electrons. The standard InChI is InChI=1S/C21H24N4.CH2O2/c1-13-7-21(22-20-10-17-6-4-5-16(17)9-19(13)20)24-11-18(12-24)25-15(3)8-14(2)23-25;2-1-3/h7-10,18H,4-6,11-12H2,1-3H3;1H,(H,2,3). The molecule has 3 heterocycles. The summed E-state index contributed by atoms with van der Waals surface area (Å²) in [4.78, 5) is 15.7. The molecule has 6 nitrogen and oxygen atoms in total. The first kappa shape index (κ1) is 18.5. The minimum Gasteiger partial charge on any atom is -0.483 e. The maximum absolute atomic E-state index is 8.36. The van der Waals surface area contributed by atoms with Gasteiger partial charge in [-0.15, -0.1) is 0 Å². The SMILES string of the molecule is Cc1cc(C)n(C2CN(c3cc(C)c4cc5c(cc4n3)CCC5)C2)n1.O=CO. The normalized spacial score (nSPS) is 15.8. The Balaban J connectivity index is 0.000000604. The van der Waals surface area contributed by atoms with E-state index in [9.17, 15) is 0 Å². The van der Waals surface area contributed by atoms with Crippen LogP contribution in [0.4, 0.5) is 5.82 Å². The molecule has 2 aromatic heterocycles. The number of hydrogen-bond acceptors (Lipinski definition) is 4. The van der Waals surface area contributed by atoms with Gasteiger partial charge in [-0.25, -0.2) is 4.98 Å². The molecule has 1 aromatic carbocycles. The number of anilines is 1. The summed E-state index contributed by atoms with van der Waals surface area (Å²) in [5, 5.41) is 12.8. The molecule has 0 bridgehead atoms. The Hall–Kier alpha value is -2.89. The van der Waals surface area contributed by atoms with Crippen molar-refractivity contribution in [3.8, 4) is 0 Å². The van der Waals surface area contributed by atoms with Gasteiger partial charge < -0.3 is 10.0 Å². The zero-order valence-corrected chi connectivity index (χ0v) is 16.6. The lowest BCUT2D eigenvalue weighted by molar-refractivity contribution is -0.122. The summed E-state index contributed by atoms with van der Waals surface area (Å²) in [5.74, 6) is 1.11. The molecule has 1 N–H and O–H groups in total. The fourth-order valence-corrected chi connectivity index (χ4v) is 4.42. The van der Waals surface area contributed by atoms with Crippen LogP contribution in [0.3, 0.4) is 0 Å². The van der Waals surface area contributed by atoms with Gasteiger partial charge >= 0.3 is 0 Å². The van der Waals surface area contributed by atoms with Crippen LogP contribution in [0.1, 0.15) is 40.5 Å². The summed E-state index contributed by atoms with van der Waals surface area (Å²) in [5.41, 5.74) is 7.87. The summed E-state index contributed by atoms with van der Waals surface area (Å²) >= 11 is 0. The van der Waals surface area contributed by atoms with E-state index < -0.39 is 0 Å². The van der Waals surface area contributed by atoms with Crippen LogP contribution in [0.2, 0.25) is 0 Å². The number of carbonyl (C=O) groups is 1. The van der Waals surface area contributed by atoms with Gasteiger partial charge in [0, 0.05) is 24.2 Å². The number of pyridine rings is 1. The summed E-state index contributed by atoms with van der Waals surface area (Å²) < 4.78 is 2.17. The van der Waals surface area contributed by atoms with Crippen LogP contribution in [-0.2, 0) is 17.6 Å². The van der Waals surface area contributed by atoms with E-state index in [0.717, 1.165) is 30.1 Å². The minimum absolute atomic E-state index is 0.250. The number of benzene rings is 1. The van der Waals surface area contributed by atoms with Gasteiger partial charge in [-0.1, -0.05) is 0 Å². The Morgan fingerprint density at radius 2 is 1.75 bits per heavy atom. The van der Waals surface area contributed by atoms with Crippen LogP contribution in [0.5, 0.6) is 0 Å². The Kier molecular flexibility index (Phi) is 4.79. The highest BCUT2D eigenvalue weighted by molar-refractivity contribution is 5.86. The molecule has 6 heteroatoms. The quantitative estimate of drug-likeness (QED) is 0.690. The molecule has 0 amide bonds. The zero-order chi connectivity index (χ0) is 19.8. The van der Waals surface area contributed by atoms with Gasteiger partial charge in [0.15, 0.2) is 0 Å². The largest absolute Gasteiger partial charge is 0.483 e. The Bertz CT molecular complexity index is 1030. The van der Waals surface area contributed by atoms with Gasteiger partial charge in [0.25, 0.3) is 6.47 Å². The van der Waals surface area contributed by atoms with Crippen molar-refractivity contribution in [2.75, 3.05) is 18.0 Å². The smallest absolute Gasteiger partial charge is 0.290 e. The van der Waals surface area contributed by atoms with E-state index in [1.54, 1.807) is 0 Å². The highest BCUT2D eigenvalue weighted by Gasteiger charge is 2.31. The fourth-order valence-electron chi connectivity index (χ4n) is 4.42. The van der Waals surface area contributed by atoms with Crippen LogP contribution < -0.4 is 4.90 Å². The van der Waals surface area contributed by atoms with Gasteiger partial charge in [0.2, 0.25) is 0 Å². The molecule has 0 unspecified atom stereocenters. The van der Waals surface area contributed by atoms with Crippen LogP contribution in [-0.4, -0.2) is 39.4 Å². The first-order valence-electron chi connectivity index (χ1n) is 9.79. The number of aromatic nitrogens is 3. The van der Waals surface area contributed by atoms with Crippen molar-refractivity contribution in [2.24, 2.45) is 0 Å². The Morgan fingerprint density at radius 1 is 1.07 bits per heavy atom. The molecule has 1 fully saturated rings. The summed E-state index contributed by atoms with van der Waals surface area (Å²) in [6, 6.07) is 9.57. The van der Waals surface area contributed by atoms with Crippen molar-refractivity contribution in [1.29, 1.82) is 0 Å². The lowest BCUT2D eigenvalue weighted by atomic mass is 10.0. The molecule has 3 aromatic rings. The van der Waals surface area contributed by atoms with Crippen LogP contribution in [0.25, 0.3) is 10.9 Å². The topological polar surface area (TPSA) is 71.2 Å². The van der Waals surface area contributed by atoms with Crippen LogP contribution in [0, 0.1) is 20.8 Å². The molecule has 1 aliphatic heterocycles. The van der Waals surface area contributed by atoms with Crippen molar-refractivity contribution in [3.05, 3.63) is 52.3 Å². The van der Waals surface area contributed by atoms with E-state index in [1.165, 1.54) is 47.0 Å². The van der Waals surface area contributed by atoms with E-state index >= 15 is 0 Å². The van der Waals surface area contributed by atoms with Gasteiger partial charge in [0.1, 0.15) is 5.82 Å². The number of rotatable bonds is 2. The molecule has 2 aliphatic rings. The highest BCUT2D eigenvalue weighted by atomic mass is 16.3. The maximum atomic E-state index is 8.36. The average molecular weight is 378 g/mol. The monoisotopic (exact) mass is 378 g/mol. The second-order valence-corrected chi connectivity index (χ2v) is 7.82. The van der Waals surface area contributed by atoms with Crippen molar-refractivity contribution < 1.29 is 9.90 Å². The average Bonchev–Trinajstić information content (AvgIpc) is 3.18. The van der Waals surface area contributed by atoms with E-state index in [-0.39, 0.29) is 6.47 Å². The maximum Gasteiger partial charge on any atom is 0.290 e. The molecule has 28 heavy (non-hydrogen) atoms. The van der Waals surface area contributed by atoms with E-state index in [0.29, 0.717) is 6.04 Å².